The average molecular weight is 435 g/mol. The van der Waals surface area contributed by atoms with Crippen LogP contribution in [0.3, 0.4) is 0 Å². The third-order valence-electron chi connectivity index (χ3n) is 4.88. The van der Waals surface area contributed by atoms with Crippen LogP contribution in [0.4, 0.5) is 11.4 Å². The Labute approximate surface area is 187 Å². The Balaban J connectivity index is 0.00000420. The van der Waals surface area contributed by atoms with E-state index in [-0.39, 0.29) is 16.5 Å². The summed E-state index contributed by atoms with van der Waals surface area (Å²) in [6.45, 7) is 13.0. The maximum absolute atomic E-state index is 5.08. The van der Waals surface area contributed by atoms with Crippen molar-refractivity contribution in [2.24, 2.45) is 9.98 Å². The van der Waals surface area contributed by atoms with Crippen molar-refractivity contribution < 1.29 is 16.5 Å². The zero-order valence-electron chi connectivity index (χ0n) is 18.9. The van der Waals surface area contributed by atoms with E-state index >= 15 is 0 Å². The van der Waals surface area contributed by atoms with E-state index in [1.807, 2.05) is 0 Å². The van der Waals surface area contributed by atoms with Gasteiger partial charge in [0.1, 0.15) is 0 Å². The van der Waals surface area contributed by atoms with Crippen molar-refractivity contribution in [1.29, 1.82) is 0 Å². The van der Waals surface area contributed by atoms with Crippen LogP contribution in [0, 0.1) is 27.7 Å². The van der Waals surface area contributed by atoms with E-state index in [2.05, 4.69) is 77.9 Å². The van der Waals surface area contributed by atoms with E-state index in [1.54, 1.807) is 0 Å². The van der Waals surface area contributed by atoms with Crippen molar-refractivity contribution in [1.82, 2.24) is 0 Å². The van der Waals surface area contributed by atoms with Gasteiger partial charge in [0.05, 0.1) is 22.8 Å². The molecule has 0 aliphatic carbocycles. The molecular formula is C26H36N2Ni. The molecule has 0 heterocycles. The SMILES string of the molecule is CCCCCCC(=N\c1cc(C)cc(C)c1)/C(CC)=N/c1cc(C)cc(C)c1.[Ni]. The quantitative estimate of drug-likeness (QED) is 0.216. The van der Waals surface area contributed by atoms with Gasteiger partial charge in [0.2, 0.25) is 0 Å². The van der Waals surface area contributed by atoms with E-state index < -0.39 is 0 Å². The number of hydrogen-bond donors (Lipinski definition) is 0. The van der Waals surface area contributed by atoms with Crippen molar-refractivity contribution in [3.63, 3.8) is 0 Å². The maximum Gasteiger partial charge on any atom is 0.0639 e. The Hall–Kier alpha value is -1.73. The Morgan fingerprint density at radius 2 is 1.07 bits per heavy atom. The summed E-state index contributed by atoms with van der Waals surface area (Å²) < 4.78 is 0. The molecule has 0 aromatic heterocycles. The average Bonchev–Trinajstić information content (AvgIpc) is 2.60. The molecule has 2 aromatic carbocycles. The number of benzene rings is 2. The Morgan fingerprint density at radius 1 is 0.621 bits per heavy atom. The van der Waals surface area contributed by atoms with Gasteiger partial charge in [-0.15, -0.1) is 0 Å². The molecule has 0 spiro atoms. The molecule has 0 bridgehead atoms. The van der Waals surface area contributed by atoms with Crippen LogP contribution in [0.15, 0.2) is 46.4 Å². The van der Waals surface area contributed by atoms with Crippen molar-refractivity contribution in [3.8, 4) is 0 Å². The van der Waals surface area contributed by atoms with E-state index in [4.69, 9.17) is 9.98 Å². The minimum Gasteiger partial charge on any atom is -0.252 e. The standard InChI is InChI=1S/C26H36N2.Ni/c1-7-9-10-11-12-26(28-24-17-21(5)14-22(6)18-24)25(8-2)27-23-15-19(3)13-20(4)16-23;/h13-18H,7-12H2,1-6H3;/b27-25+,28-26+;. The second-order valence-electron chi connectivity index (χ2n) is 7.97. The Kier molecular flexibility index (Phi) is 11.1. The van der Waals surface area contributed by atoms with Crippen LogP contribution in [-0.2, 0) is 16.5 Å². The summed E-state index contributed by atoms with van der Waals surface area (Å²) in [7, 11) is 0. The van der Waals surface area contributed by atoms with Crippen molar-refractivity contribution in [3.05, 3.63) is 58.7 Å². The monoisotopic (exact) mass is 434 g/mol. The number of nitrogens with zero attached hydrogens (tertiary/aromatic N) is 2. The fraction of sp³-hybridized carbons (Fsp3) is 0.462. The smallest absolute Gasteiger partial charge is 0.0639 e. The normalized spacial score (nSPS) is 12.1. The molecule has 29 heavy (non-hydrogen) atoms. The minimum absolute atomic E-state index is 0. The molecule has 0 saturated heterocycles. The summed E-state index contributed by atoms with van der Waals surface area (Å²) in [4.78, 5) is 10.1. The Morgan fingerprint density at radius 3 is 1.48 bits per heavy atom. The first kappa shape index (κ1) is 25.3. The van der Waals surface area contributed by atoms with E-state index in [0.29, 0.717) is 0 Å². The van der Waals surface area contributed by atoms with Crippen LogP contribution in [-0.4, -0.2) is 11.4 Å². The molecule has 0 unspecified atom stereocenters. The molecule has 0 aliphatic rings. The van der Waals surface area contributed by atoms with Crippen molar-refractivity contribution in [2.45, 2.75) is 80.1 Å². The summed E-state index contributed by atoms with van der Waals surface area (Å²) >= 11 is 0. The van der Waals surface area contributed by atoms with Crippen LogP contribution in [0.5, 0.6) is 0 Å². The molecular weight excluding hydrogens is 399 g/mol. The number of aliphatic imine (C=N–C) groups is 2. The number of unbranched alkanes of at least 4 members (excludes halogenated alkanes) is 3. The fourth-order valence-electron chi connectivity index (χ4n) is 3.67. The molecule has 2 rings (SSSR count). The van der Waals surface area contributed by atoms with Crippen molar-refractivity contribution in [2.75, 3.05) is 0 Å². The molecule has 3 heteroatoms. The van der Waals surface area contributed by atoms with Gasteiger partial charge in [-0.2, -0.15) is 0 Å². The minimum atomic E-state index is 0. The molecule has 0 atom stereocenters. The fourth-order valence-corrected chi connectivity index (χ4v) is 3.67. The molecule has 2 aromatic rings. The van der Waals surface area contributed by atoms with Gasteiger partial charge in [-0.3, -0.25) is 9.98 Å². The van der Waals surface area contributed by atoms with Gasteiger partial charge in [0, 0.05) is 16.5 Å². The Bertz CT molecular complexity index is 809. The topological polar surface area (TPSA) is 24.7 Å². The number of rotatable bonds is 9. The molecule has 2 nitrogen and oxygen atoms in total. The van der Waals surface area contributed by atoms with Gasteiger partial charge in [-0.25, -0.2) is 0 Å². The molecule has 160 valence electrons. The van der Waals surface area contributed by atoms with Gasteiger partial charge in [-0.1, -0.05) is 45.2 Å². The predicted octanol–water partition coefficient (Wildman–Crippen LogP) is 8.14. The van der Waals surface area contributed by atoms with Crippen LogP contribution in [0.25, 0.3) is 0 Å². The maximum atomic E-state index is 5.08. The molecule has 0 saturated carbocycles. The summed E-state index contributed by atoms with van der Waals surface area (Å²) in [5, 5.41) is 0. The van der Waals surface area contributed by atoms with Crippen molar-refractivity contribution >= 4 is 22.8 Å². The van der Waals surface area contributed by atoms with Gasteiger partial charge in [-0.05, 0) is 93.5 Å². The molecule has 0 N–H and O–H groups in total. The van der Waals surface area contributed by atoms with Crippen LogP contribution in [0.1, 0.15) is 74.6 Å². The van der Waals surface area contributed by atoms with E-state index in [9.17, 15) is 0 Å². The van der Waals surface area contributed by atoms with E-state index in [1.165, 1.54) is 47.9 Å². The predicted molar refractivity (Wildman–Crippen MR) is 125 cm³/mol. The largest absolute Gasteiger partial charge is 0.252 e. The third kappa shape index (κ3) is 8.66. The molecule has 0 amide bonds. The van der Waals surface area contributed by atoms with E-state index in [0.717, 1.165) is 35.6 Å². The van der Waals surface area contributed by atoms with Crippen LogP contribution >= 0.6 is 0 Å². The first-order chi connectivity index (χ1) is 13.4. The second kappa shape index (κ2) is 12.8. The van der Waals surface area contributed by atoms with Gasteiger partial charge >= 0.3 is 0 Å². The zero-order chi connectivity index (χ0) is 20.5. The summed E-state index contributed by atoms with van der Waals surface area (Å²) in [5.41, 5.74) is 9.36. The first-order valence-electron chi connectivity index (χ1n) is 10.7. The third-order valence-corrected chi connectivity index (χ3v) is 4.88. The van der Waals surface area contributed by atoms with Gasteiger partial charge in [0.15, 0.2) is 0 Å². The van der Waals surface area contributed by atoms with Crippen LogP contribution in [0.2, 0.25) is 0 Å². The van der Waals surface area contributed by atoms with Gasteiger partial charge in [0.25, 0.3) is 0 Å². The molecule has 0 fully saturated rings. The summed E-state index contributed by atoms with van der Waals surface area (Å²) in [6, 6.07) is 13.1. The zero-order valence-corrected chi connectivity index (χ0v) is 19.9. The number of aryl methyl sites for hydroxylation is 4. The molecule has 0 aliphatic heterocycles. The summed E-state index contributed by atoms with van der Waals surface area (Å²) in [6.07, 6.45) is 6.84. The first-order valence-corrected chi connectivity index (χ1v) is 10.7. The number of hydrogen-bond acceptors (Lipinski definition) is 2. The van der Waals surface area contributed by atoms with Crippen LogP contribution < -0.4 is 0 Å². The molecule has 0 radical (unpaired) electrons. The van der Waals surface area contributed by atoms with Gasteiger partial charge < -0.3 is 0 Å². The second-order valence-corrected chi connectivity index (χ2v) is 7.97. The summed E-state index contributed by atoms with van der Waals surface area (Å²) in [5.74, 6) is 0.